The Hall–Kier alpha value is -3.09. The maximum Gasteiger partial charge on any atom is 0.223 e. The van der Waals surface area contributed by atoms with Gasteiger partial charge in [-0.15, -0.1) is 6.58 Å². The first-order valence-electron chi connectivity index (χ1n) is 7.12. The fourth-order valence-corrected chi connectivity index (χ4v) is 2.27. The molecule has 7 heteroatoms. The third kappa shape index (κ3) is 2.94. The van der Waals surface area contributed by atoms with Crippen LogP contribution >= 0.6 is 0 Å². The van der Waals surface area contributed by atoms with Crippen LogP contribution in [0.4, 0.5) is 5.95 Å². The molecule has 3 rings (SSSR count). The average Bonchev–Trinajstić information content (AvgIpc) is 2.92. The van der Waals surface area contributed by atoms with Crippen LogP contribution in [-0.2, 0) is 0 Å². The Labute approximate surface area is 133 Å². The number of nitrogens with zero attached hydrogens (tertiary/aromatic N) is 5. The fraction of sp³-hybridized carbons (Fsp3) is 0.188. The summed E-state index contributed by atoms with van der Waals surface area (Å²) in [5.41, 5.74) is 3.79. The lowest BCUT2D eigenvalue weighted by Crippen LogP contribution is -2.05. The Morgan fingerprint density at radius 2 is 2.09 bits per heavy atom. The van der Waals surface area contributed by atoms with Gasteiger partial charge in [-0.3, -0.25) is 9.97 Å². The topological polar surface area (TPSA) is 89.6 Å². The summed E-state index contributed by atoms with van der Waals surface area (Å²) in [6.45, 7) is 7.99. The Bertz CT molecular complexity index is 808. The molecular weight excluding hydrogens is 292 g/mol. The van der Waals surface area contributed by atoms with E-state index < -0.39 is 0 Å². The Morgan fingerprint density at radius 1 is 1.22 bits per heavy atom. The van der Waals surface area contributed by atoms with Crippen molar-refractivity contribution in [1.29, 1.82) is 0 Å². The minimum atomic E-state index is 0.507. The molecule has 0 atom stereocenters. The van der Waals surface area contributed by atoms with E-state index in [0.29, 0.717) is 29.6 Å². The normalized spacial score (nSPS) is 10.5. The van der Waals surface area contributed by atoms with E-state index >= 15 is 0 Å². The van der Waals surface area contributed by atoms with E-state index in [9.17, 15) is 0 Å². The minimum Gasteiger partial charge on any atom is -0.361 e. The van der Waals surface area contributed by atoms with Crippen molar-refractivity contribution in [3.63, 3.8) is 0 Å². The van der Waals surface area contributed by atoms with Crippen LogP contribution in [0.2, 0.25) is 0 Å². The maximum absolute atomic E-state index is 5.28. The van der Waals surface area contributed by atoms with E-state index in [2.05, 4.69) is 37.0 Å². The van der Waals surface area contributed by atoms with Crippen molar-refractivity contribution in [2.75, 3.05) is 11.9 Å². The van der Waals surface area contributed by atoms with Gasteiger partial charge in [-0.05, 0) is 13.8 Å². The Balaban J connectivity index is 2.18. The first kappa shape index (κ1) is 14.8. The first-order valence-corrected chi connectivity index (χ1v) is 7.12. The fourth-order valence-electron chi connectivity index (χ4n) is 2.27. The molecule has 0 aliphatic heterocycles. The van der Waals surface area contributed by atoms with Crippen LogP contribution in [0.1, 0.15) is 11.5 Å². The molecule has 0 aromatic carbocycles. The summed E-state index contributed by atoms with van der Waals surface area (Å²) in [4.78, 5) is 17.4. The second-order valence-corrected chi connectivity index (χ2v) is 4.92. The number of hydrogen-bond acceptors (Lipinski definition) is 7. The molecule has 0 saturated carbocycles. The monoisotopic (exact) mass is 308 g/mol. The van der Waals surface area contributed by atoms with Crippen molar-refractivity contribution < 1.29 is 4.52 Å². The van der Waals surface area contributed by atoms with Gasteiger partial charge in [-0.1, -0.05) is 11.2 Å². The van der Waals surface area contributed by atoms with Gasteiger partial charge in [-0.25, -0.2) is 9.97 Å². The van der Waals surface area contributed by atoms with Gasteiger partial charge in [-0.2, -0.15) is 0 Å². The number of aromatic nitrogens is 5. The lowest BCUT2D eigenvalue weighted by Gasteiger charge is -2.10. The van der Waals surface area contributed by atoms with Gasteiger partial charge >= 0.3 is 0 Å². The second-order valence-electron chi connectivity index (χ2n) is 4.92. The Kier molecular flexibility index (Phi) is 4.09. The zero-order valence-corrected chi connectivity index (χ0v) is 12.9. The van der Waals surface area contributed by atoms with E-state index in [1.165, 1.54) is 0 Å². The van der Waals surface area contributed by atoms with E-state index in [0.717, 1.165) is 16.8 Å². The predicted octanol–water partition coefficient (Wildman–Crippen LogP) is 2.80. The molecule has 0 radical (unpaired) electrons. The summed E-state index contributed by atoms with van der Waals surface area (Å²) in [6, 6.07) is 0. The third-order valence-corrected chi connectivity index (χ3v) is 3.30. The molecule has 0 amide bonds. The summed E-state index contributed by atoms with van der Waals surface area (Å²) >= 11 is 0. The van der Waals surface area contributed by atoms with Crippen LogP contribution in [0, 0.1) is 13.8 Å². The van der Waals surface area contributed by atoms with Crippen molar-refractivity contribution in [3.8, 4) is 22.5 Å². The van der Waals surface area contributed by atoms with Gasteiger partial charge < -0.3 is 9.84 Å². The molecule has 116 valence electrons. The lowest BCUT2D eigenvalue weighted by atomic mass is 10.0. The van der Waals surface area contributed by atoms with Crippen molar-refractivity contribution in [3.05, 3.63) is 48.9 Å². The molecule has 23 heavy (non-hydrogen) atoms. The molecule has 7 nitrogen and oxygen atoms in total. The zero-order valence-electron chi connectivity index (χ0n) is 12.9. The molecule has 0 aliphatic carbocycles. The highest BCUT2D eigenvalue weighted by atomic mass is 16.5. The van der Waals surface area contributed by atoms with Crippen LogP contribution in [0.5, 0.6) is 0 Å². The van der Waals surface area contributed by atoms with Crippen molar-refractivity contribution in [1.82, 2.24) is 25.1 Å². The third-order valence-electron chi connectivity index (χ3n) is 3.30. The van der Waals surface area contributed by atoms with Gasteiger partial charge in [0, 0.05) is 30.7 Å². The second kappa shape index (κ2) is 6.35. The minimum absolute atomic E-state index is 0.507. The molecule has 3 heterocycles. The number of aryl methyl sites for hydroxylation is 2. The molecule has 0 spiro atoms. The van der Waals surface area contributed by atoms with Crippen LogP contribution in [0.15, 0.2) is 42.0 Å². The highest BCUT2D eigenvalue weighted by Gasteiger charge is 2.19. The smallest absolute Gasteiger partial charge is 0.223 e. The highest BCUT2D eigenvalue weighted by Crippen LogP contribution is 2.33. The summed E-state index contributed by atoms with van der Waals surface area (Å²) in [6.07, 6.45) is 8.41. The molecule has 0 aliphatic rings. The molecule has 1 N–H and O–H groups in total. The molecule has 3 aromatic rings. The van der Waals surface area contributed by atoms with Gasteiger partial charge in [0.2, 0.25) is 5.95 Å². The molecule has 0 bridgehead atoms. The summed E-state index contributed by atoms with van der Waals surface area (Å²) in [7, 11) is 0. The van der Waals surface area contributed by atoms with Gasteiger partial charge in [0.25, 0.3) is 0 Å². The zero-order chi connectivity index (χ0) is 16.2. The first-order chi connectivity index (χ1) is 11.2. The van der Waals surface area contributed by atoms with Gasteiger partial charge in [0.1, 0.15) is 5.76 Å². The Morgan fingerprint density at radius 3 is 2.74 bits per heavy atom. The average molecular weight is 308 g/mol. The molecule has 0 saturated heterocycles. The summed E-state index contributed by atoms with van der Waals surface area (Å²) in [5.74, 6) is 1.20. The standard InChI is InChI=1S/C16H16N6O/c1-4-5-19-16-20-8-12(13-9-17-6-7-18-13)15(21-16)14-10(2)22-23-11(14)3/h4,6-9H,1,5H2,2-3H3,(H,19,20,21). The van der Waals surface area contributed by atoms with Crippen LogP contribution < -0.4 is 5.32 Å². The van der Waals surface area contributed by atoms with E-state index in [1.54, 1.807) is 30.9 Å². The highest BCUT2D eigenvalue weighted by molar-refractivity contribution is 5.80. The lowest BCUT2D eigenvalue weighted by molar-refractivity contribution is 0.393. The van der Waals surface area contributed by atoms with Gasteiger partial charge in [0.15, 0.2) is 0 Å². The number of anilines is 1. The van der Waals surface area contributed by atoms with Crippen molar-refractivity contribution in [2.45, 2.75) is 13.8 Å². The predicted molar refractivity (Wildman–Crippen MR) is 86.7 cm³/mol. The van der Waals surface area contributed by atoms with Crippen LogP contribution in [0.3, 0.4) is 0 Å². The SMILES string of the molecule is C=CCNc1ncc(-c2cnccn2)c(-c2c(C)noc2C)n1. The number of rotatable bonds is 5. The summed E-state index contributed by atoms with van der Waals surface area (Å²) in [5, 5.41) is 7.10. The van der Waals surface area contributed by atoms with Crippen LogP contribution in [0.25, 0.3) is 22.5 Å². The van der Waals surface area contributed by atoms with E-state index in [4.69, 9.17) is 4.52 Å². The van der Waals surface area contributed by atoms with E-state index in [-0.39, 0.29) is 0 Å². The van der Waals surface area contributed by atoms with Crippen molar-refractivity contribution >= 4 is 5.95 Å². The van der Waals surface area contributed by atoms with E-state index in [1.807, 2.05) is 13.8 Å². The largest absolute Gasteiger partial charge is 0.361 e. The quantitative estimate of drug-likeness (QED) is 0.725. The number of nitrogens with one attached hydrogen (secondary N) is 1. The maximum atomic E-state index is 5.28. The molecule has 0 fully saturated rings. The van der Waals surface area contributed by atoms with Gasteiger partial charge in [0.05, 0.1) is 28.8 Å². The number of hydrogen-bond donors (Lipinski definition) is 1. The molecule has 3 aromatic heterocycles. The summed E-state index contributed by atoms with van der Waals surface area (Å²) < 4.78 is 5.28. The molecule has 0 unspecified atom stereocenters. The van der Waals surface area contributed by atoms with Crippen molar-refractivity contribution in [2.24, 2.45) is 0 Å². The molecular formula is C16H16N6O. The van der Waals surface area contributed by atoms with Crippen LogP contribution in [-0.4, -0.2) is 31.6 Å².